The number of rotatable bonds is 8. The number of halogens is 1. The van der Waals surface area contributed by atoms with Crippen LogP contribution in [0.4, 0.5) is 0 Å². The maximum Gasteiger partial charge on any atom is 0.0834 e. The molecule has 1 aromatic heterocycles. The Balaban J connectivity index is 2.86. The topological polar surface area (TPSA) is 39.1 Å². The van der Waals surface area contributed by atoms with E-state index in [9.17, 15) is 0 Å². The Morgan fingerprint density at radius 2 is 2.17 bits per heavy atom. The summed E-state index contributed by atoms with van der Waals surface area (Å²) in [6.45, 7) is 10.7. The molecule has 0 aliphatic heterocycles. The van der Waals surface area contributed by atoms with Gasteiger partial charge in [-0.05, 0) is 33.7 Å². The molecular formula is C13H24ClN3O. The normalized spacial score (nSPS) is 13.2. The van der Waals surface area contributed by atoms with Crippen LogP contribution in [0, 0.1) is 0 Å². The highest BCUT2D eigenvalue weighted by Crippen LogP contribution is 2.27. The van der Waals surface area contributed by atoms with E-state index < -0.39 is 0 Å². The van der Waals surface area contributed by atoms with Gasteiger partial charge >= 0.3 is 0 Å². The summed E-state index contributed by atoms with van der Waals surface area (Å²) < 4.78 is 7.42. The van der Waals surface area contributed by atoms with Gasteiger partial charge in [-0.1, -0.05) is 18.5 Å². The fraction of sp³-hybridized carbons (Fsp3) is 0.769. The molecule has 1 unspecified atom stereocenters. The molecule has 0 saturated carbocycles. The second kappa shape index (κ2) is 7.77. The minimum Gasteiger partial charge on any atom is -0.382 e. The lowest BCUT2D eigenvalue weighted by Gasteiger charge is -2.21. The maximum atomic E-state index is 6.27. The van der Waals surface area contributed by atoms with Crippen molar-refractivity contribution >= 4 is 11.6 Å². The molecule has 0 bridgehead atoms. The lowest BCUT2D eigenvalue weighted by atomic mass is 10.1. The van der Waals surface area contributed by atoms with E-state index in [1.165, 1.54) is 0 Å². The monoisotopic (exact) mass is 273 g/mol. The summed E-state index contributed by atoms with van der Waals surface area (Å²) in [5, 5.41) is 8.53. The summed E-state index contributed by atoms with van der Waals surface area (Å²) in [7, 11) is 0. The number of nitrogens with zero attached hydrogens (tertiary/aromatic N) is 2. The minimum absolute atomic E-state index is 0.193. The molecule has 0 spiro atoms. The summed E-state index contributed by atoms with van der Waals surface area (Å²) in [5.74, 6) is 0. The highest BCUT2D eigenvalue weighted by atomic mass is 35.5. The fourth-order valence-corrected chi connectivity index (χ4v) is 2.28. The zero-order valence-electron chi connectivity index (χ0n) is 11.7. The first-order chi connectivity index (χ1) is 8.61. The van der Waals surface area contributed by atoms with Gasteiger partial charge in [-0.25, -0.2) is 0 Å². The zero-order chi connectivity index (χ0) is 13.5. The molecule has 0 radical (unpaired) electrons. The molecule has 5 heteroatoms. The molecule has 1 N–H and O–H groups in total. The predicted molar refractivity (Wildman–Crippen MR) is 75.1 cm³/mol. The van der Waals surface area contributed by atoms with Gasteiger partial charge in [0.2, 0.25) is 0 Å². The van der Waals surface area contributed by atoms with Crippen LogP contribution in [0.2, 0.25) is 5.02 Å². The van der Waals surface area contributed by atoms with E-state index >= 15 is 0 Å². The quantitative estimate of drug-likeness (QED) is 0.740. The van der Waals surface area contributed by atoms with Crippen molar-refractivity contribution in [3.8, 4) is 0 Å². The molecule has 1 atom stereocenters. The third-order valence-electron chi connectivity index (χ3n) is 2.81. The Morgan fingerprint density at radius 3 is 2.72 bits per heavy atom. The van der Waals surface area contributed by atoms with Crippen LogP contribution in [0.3, 0.4) is 0 Å². The largest absolute Gasteiger partial charge is 0.382 e. The average molecular weight is 274 g/mol. The molecule has 104 valence electrons. The van der Waals surface area contributed by atoms with E-state index in [0.29, 0.717) is 6.04 Å². The van der Waals surface area contributed by atoms with E-state index in [2.05, 4.69) is 31.2 Å². The van der Waals surface area contributed by atoms with Gasteiger partial charge in [0.25, 0.3) is 0 Å². The Morgan fingerprint density at radius 1 is 1.44 bits per heavy atom. The van der Waals surface area contributed by atoms with Crippen LogP contribution in [-0.4, -0.2) is 29.5 Å². The van der Waals surface area contributed by atoms with Gasteiger partial charge in [-0.3, -0.25) is 4.68 Å². The Hall–Kier alpha value is -0.580. The van der Waals surface area contributed by atoms with E-state index in [-0.39, 0.29) is 6.04 Å². The van der Waals surface area contributed by atoms with Crippen LogP contribution in [0.1, 0.15) is 51.9 Å². The molecule has 4 nitrogen and oxygen atoms in total. The Kier molecular flexibility index (Phi) is 6.68. The molecule has 18 heavy (non-hydrogen) atoms. The first kappa shape index (κ1) is 15.5. The second-order valence-electron chi connectivity index (χ2n) is 4.51. The number of ether oxygens (including phenoxy) is 1. The standard InChI is InChI=1S/C13H24ClN3O/c1-5-15-12(7-8-18-6-2)13-11(14)9-16-17(13)10(3)4/h9-10,12,15H,5-8H2,1-4H3. The van der Waals surface area contributed by atoms with Crippen LogP contribution in [0.25, 0.3) is 0 Å². The molecule has 1 rings (SSSR count). The summed E-state index contributed by atoms with van der Waals surface area (Å²) in [4.78, 5) is 0. The van der Waals surface area contributed by atoms with Crippen LogP contribution in [0.5, 0.6) is 0 Å². The summed E-state index contributed by atoms with van der Waals surface area (Å²) >= 11 is 6.27. The van der Waals surface area contributed by atoms with E-state index in [0.717, 1.165) is 36.9 Å². The van der Waals surface area contributed by atoms with E-state index in [1.807, 2.05) is 11.6 Å². The maximum absolute atomic E-state index is 6.27. The van der Waals surface area contributed by atoms with Gasteiger partial charge < -0.3 is 10.1 Å². The second-order valence-corrected chi connectivity index (χ2v) is 4.92. The minimum atomic E-state index is 0.193. The number of hydrogen-bond acceptors (Lipinski definition) is 3. The van der Waals surface area contributed by atoms with Gasteiger partial charge in [-0.15, -0.1) is 0 Å². The van der Waals surface area contributed by atoms with Crippen LogP contribution in [0.15, 0.2) is 6.20 Å². The van der Waals surface area contributed by atoms with E-state index in [4.69, 9.17) is 16.3 Å². The van der Waals surface area contributed by atoms with E-state index in [1.54, 1.807) is 6.20 Å². The van der Waals surface area contributed by atoms with Crippen LogP contribution in [-0.2, 0) is 4.74 Å². The molecule has 0 aliphatic carbocycles. The third kappa shape index (κ3) is 3.97. The van der Waals surface area contributed by atoms with Crippen molar-refractivity contribution in [2.75, 3.05) is 19.8 Å². The van der Waals surface area contributed by atoms with Crippen molar-refractivity contribution in [1.82, 2.24) is 15.1 Å². The smallest absolute Gasteiger partial charge is 0.0834 e. The number of hydrogen-bond donors (Lipinski definition) is 1. The highest BCUT2D eigenvalue weighted by Gasteiger charge is 2.20. The van der Waals surface area contributed by atoms with Gasteiger partial charge in [-0.2, -0.15) is 5.10 Å². The summed E-state index contributed by atoms with van der Waals surface area (Å²) in [6.07, 6.45) is 2.63. The van der Waals surface area contributed by atoms with Crippen LogP contribution >= 0.6 is 11.6 Å². The first-order valence-electron chi connectivity index (χ1n) is 6.65. The molecule has 0 aromatic carbocycles. The third-order valence-corrected chi connectivity index (χ3v) is 3.10. The molecule has 1 aromatic rings. The molecular weight excluding hydrogens is 250 g/mol. The van der Waals surface area contributed by atoms with Gasteiger partial charge in [0.1, 0.15) is 0 Å². The van der Waals surface area contributed by atoms with Crippen molar-refractivity contribution in [1.29, 1.82) is 0 Å². The Labute approximate surface area is 115 Å². The average Bonchev–Trinajstić information content (AvgIpc) is 2.70. The van der Waals surface area contributed by atoms with Crippen LogP contribution < -0.4 is 5.32 Å². The predicted octanol–water partition coefficient (Wildman–Crippen LogP) is 3.19. The lowest BCUT2D eigenvalue weighted by Crippen LogP contribution is -2.26. The van der Waals surface area contributed by atoms with Crippen molar-refractivity contribution in [3.05, 3.63) is 16.9 Å². The SMILES string of the molecule is CCNC(CCOCC)c1c(Cl)cnn1C(C)C. The van der Waals surface area contributed by atoms with Gasteiger partial charge in [0.05, 0.1) is 23.0 Å². The summed E-state index contributed by atoms with van der Waals surface area (Å²) in [6, 6.07) is 0.500. The molecule has 0 amide bonds. The Bertz CT molecular complexity index is 352. The molecule has 0 fully saturated rings. The molecule has 0 saturated heterocycles. The molecule has 0 aliphatic rings. The van der Waals surface area contributed by atoms with Crippen molar-refractivity contribution < 1.29 is 4.74 Å². The number of nitrogens with one attached hydrogen (secondary N) is 1. The number of aromatic nitrogens is 2. The van der Waals surface area contributed by atoms with Gasteiger partial charge in [0, 0.05) is 19.3 Å². The van der Waals surface area contributed by atoms with Gasteiger partial charge in [0.15, 0.2) is 0 Å². The first-order valence-corrected chi connectivity index (χ1v) is 7.03. The fourth-order valence-electron chi connectivity index (χ4n) is 2.02. The van der Waals surface area contributed by atoms with Crippen molar-refractivity contribution in [2.45, 2.75) is 46.2 Å². The summed E-state index contributed by atoms with van der Waals surface area (Å²) in [5.41, 5.74) is 1.06. The lowest BCUT2D eigenvalue weighted by molar-refractivity contribution is 0.135. The van der Waals surface area contributed by atoms with Crippen molar-refractivity contribution in [2.24, 2.45) is 0 Å². The highest BCUT2D eigenvalue weighted by molar-refractivity contribution is 6.31. The van der Waals surface area contributed by atoms with Crippen molar-refractivity contribution in [3.63, 3.8) is 0 Å². The zero-order valence-corrected chi connectivity index (χ0v) is 12.5. The molecule has 1 heterocycles.